The first-order valence-corrected chi connectivity index (χ1v) is 18.4. The number of rotatable bonds is 10. The third-order valence-electron chi connectivity index (χ3n) is 9.47. The Morgan fingerprint density at radius 2 is 1.70 bits per heavy atom. The molecule has 0 nitrogen and oxygen atoms in total. The smallest absolute Gasteiger partial charge is 0.00642 e. The maximum Gasteiger partial charge on any atom is -0.00642 e. The molecule has 50 heavy (non-hydrogen) atoms. The van der Waals surface area contributed by atoms with E-state index in [2.05, 4.69) is 196 Å². The predicted molar refractivity (Wildman–Crippen MR) is 228 cm³/mol. The Morgan fingerprint density at radius 3 is 2.30 bits per heavy atom. The Kier molecular flexibility index (Phi) is 19.1. The van der Waals surface area contributed by atoms with Crippen molar-refractivity contribution in [1.29, 1.82) is 0 Å². The second-order valence-electron chi connectivity index (χ2n) is 13.8. The summed E-state index contributed by atoms with van der Waals surface area (Å²) in [4.78, 5) is 0. The summed E-state index contributed by atoms with van der Waals surface area (Å²) < 4.78 is 0. The molecule has 0 fully saturated rings. The van der Waals surface area contributed by atoms with Gasteiger partial charge >= 0.3 is 0 Å². The van der Waals surface area contributed by atoms with Gasteiger partial charge in [0.1, 0.15) is 0 Å². The molecule has 262 valence electrons. The van der Waals surface area contributed by atoms with E-state index in [1.165, 1.54) is 61.7 Å². The summed E-state index contributed by atoms with van der Waals surface area (Å²) in [6.45, 7) is 21.3. The zero-order valence-corrected chi connectivity index (χ0v) is 32.3. The molecule has 0 aromatic heterocycles. The van der Waals surface area contributed by atoms with Crippen LogP contribution in [0, 0.1) is 30.6 Å². The number of benzene rings is 3. The lowest BCUT2D eigenvalue weighted by Crippen LogP contribution is -2.01. The molecule has 0 amide bonds. The number of allylic oxidation sites excluding steroid dienone is 13. The Balaban J connectivity index is 0.000000395. The van der Waals surface area contributed by atoms with Crippen LogP contribution in [0.2, 0.25) is 0 Å². The Bertz CT molecular complexity index is 1720. The van der Waals surface area contributed by atoms with Crippen LogP contribution >= 0.6 is 0 Å². The minimum atomic E-state index is 0.763. The van der Waals surface area contributed by atoms with Crippen LogP contribution in [0.3, 0.4) is 0 Å². The molecule has 0 bridgehead atoms. The molecule has 0 N–H and O–H groups in total. The van der Waals surface area contributed by atoms with Gasteiger partial charge in [-0.3, -0.25) is 0 Å². The second-order valence-corrected chi connectivity index (χ2v) is 13.8. The molecule has 3 aromatic rings. The van der Waals surface area contributed by atoms with Gasteiger partial charge < -0.3 is 0 Å². The number of aryl methyl sites for hydroxylation is 1. The lowest BCUT2D eigenvalue weighted by molar-refractivity contribution is 0.424. The van der Waals surface area contributed by atoms with Gasteiger partial charge in [-0.05, 0) is 122 Å². The Morgan fingerprint density at radius 1 is 0.980 bits per heavy atom. The zero-order chi connectivity index (χ0) is 36.9. The molecule has 3 aromatic carbocycles. The van der Waals surface area contributed by atoms with Crippen molar-refractivity contribution in [3.8, 4) is 12.8 Å². The molecule has 0 saturated carbocycles. The van der Waals surface area contributed by atoms with E-state index in [0.29, 0.717) is 0 Å². The van der Waals surface area contributed by atoms with Gasteiger partial charge in [0.25, 0.3) is 0 Å². The summed E-state index contributed by atoms with van der Waals surface area (Å²) in [6.07, 6.45) is 40.2. The SMILES string of the molecule is C#C.C/C=C(/C)c1ccc2ccc(\C=C/C(C)=C\C=C\CCc3ccccc3)c3c2c1CC=C3.C=CCC(C)C(C)C.CC1=CCC(C)C=C1. The lowest BCUT2D eigenvalue weighted by Gasteiger charge is -2.19. The van der Waals surface area contributed by atoms with E-state index in [-0.39, 0.29) is 0 Å². The minimum absolute atomic E-state index is 0.763. The molecule has 0 saturated heterocycles. The second kappa shape index (κ2) is 22.9. The molecule has 0 aliphatic heterocycles. The van der Waals surface area contributed by atoms with Gasteiger partial charge in [0.15, 0.2) is 0 Å². The van der Waals surface area contributed by atoms with Gasteiger partial charge in [0.05, 0.1) is 0 Å². The van der Waals surface area contributed by atoms with Crippen LogP contribution < -0.4 is 0 Å². The van der Waals surface area contributed by atoms with Crippen LogP contribution in [-0.4, -0.2) is 0 Å². The van der Waals surface area contributed by atoms with Crippen LogP contribution in [0.25, 0.3) is 28.5 Å². The fourth-order valence-electron chi connectivity index (χ4n) is 5.75. The van der Waals surface area contributed by atoms with E-state index in [1.807, 2.05) is 6.08 Å². The Labute approximate surface area is 306 Å². The van der Waals surface area contributed by atoms with Gasteiger partial charge in [0.2, 0.25) is 0 Å². The number of terminal acetylenes is 1. The van der Waals surface area contributed by atoms with Gasteiger partial charge in [0, 0.05) is 0 Å². The van der Waals surface area contributed by atoms with Gasteiger partial charge in [-0.2, -0.15) is 0 Å². The van der Waals surface area contributed by atoms with Crippen molar-refractivity contribution >= 4 is 28.5 Å². The highest BCUT2D eigenvalue weighted by Gasteiger charge is 2.15. The monoisotopic (exact) mass is 662 g/mol. The van der Waals surface area contributed by atoms with Crippen molar-refractivity contribution in [3.05, 3.63) is 161 Å². The highest BCUT2D eigenvalue weighted by molar-refractivity contribution is 6.00. The first-order chi connectivity index (χ1) is 24.1. The van der Waals surface area contributed by atoms with Crippen molar-refractivity contribution in [2.24, 2.45) is 17.8 Å². The lowest BCUT2D eigenvalue weighted by atomic mass is 9.85. The standard InChI is InChI=1S/C32H32.C8H12.C8H16.C2H2/c1-4-25(3)29-23-22-28-21-20-27(30-16-11-17-31(29)32(28)30)19-18-24(2)12-7-5-8-13-26-14-9-6-10-15-26;1-7-3-5-8(2)6-4-7;1-5-6-8(4)7(2)3;1-2/h4-7,9-12,14-16,18-23H,8,13,17H2,1-3H3;3-5,8H,6H2,1-2H3;5,7-8H,1,6H2,2-4H3;1-2H/b7-5+,19-18-,24-12-,25-4-;;;. The van der Waals surface area contributed by atoms with E-state index in [0.717, 1.165) is 43.4 Å². The van der Waals surface area contributed by atoms with E-state index in [1.54, 1.807) is 0 Å². The van der Waals surface area contributed by atoms with Crippen LogP contribution in [0.4, 0.5) is 0 Å². The van der Waals surface area contributed by atoms with E-state index < -0.39 is 0 Å². The summed E-state index contributed by atoms with van der Waals surface area (Å²) in [5.41, 5.74) is 10.9. The van der Waals surface area contributed by atoms with Gasteiger partial charge in [-0.25, -0.2) is 0 Å². The molecule has 0 spiro atoms. The molecule has 0 heterocycles. The normalized spacial score (nSPS) is 15.8. The average molecular weight is 663 g/mol. The highest BCUT2D eigenvalue weighted by Crippen LogP contribution is 2.36. The molecule has 2 unspecified atom stereocenters. The molecule has 2 aliphatic carbocycles. The van der Waals surface area contributed by atoms with Crippen LogP contribution in [-0.2, 0) is 12.8 Å². The van der Waals surface area contributed by atoms with Gasteiger partial charge in [-0.1, -0.05) is 166 Å². The molecule has 0 radical (unpaired) electrons. The van der Waals surface area contributed by atoms with E-state index >= 15 is 0 Å². The Hall–Kier alpha value is -4.60. The molecule has 2 aliphatic rings. The fraction of sp³-hybridized carbons (Fsp3) is 0.320. The molecule has 2 atom stereocenters. The summed E-state index contributed by atoms with van der Waals surface area (Å²) in [6, 6.07) is 19.7. The topological polar surface area (TPSA) is 0 Å². The van der Waals surface area contributed by atoms with Crippen molar-refractivity contribution in [2.45, 2.75) is 87.5 Å². The maximum atomic E-state index is 4.00. The fourth-order valence-corrected chi connectivity index (χ4v) is 5.75. The first kappa shape index (κ1) is 41.6. The van der Waals surface area contributed by atoms with E-state index in [9.17, 15) is 0 Å². The summed E-state index contributed by atoms with van der Waals surface area (Å²) in [7, 11) is 0. The molecular weight excluding hydrogens is 601 g/mol. The van der Waals surface area contributed by atoms with Gasteiger partial charge in [-0.15, -0.1) is 19.4 Å². The maximum absolute atomic E-state index is 4.00. The molecule has 0 heteroatoms. The van der Waals surface area contributed by atoms with Crippen molar-refractivity contribution < 1.29 is 0 Å². The van der Waals surface area contributed by atoms with Crippen molar-refractivity contribution in [2.75, 3.05) is 0 Å². The number of hydrogen-bond donors (Lipinski definition) is 0. The summed E-state index contributed by atoms with van der Waals surface area (Å²) in [5.74, 6) is 2.36. The minimum Gasteiger partial charge on any atom is -0.124 e. The van der Waals surface area contributed by atoms with Crippen molar-refractivity contribution in [1.82, 2.24) is 0 Å². The van der Waals surface area contributed by atoms with Crippen LogP contribution in [0.15, 0.2) is 133 Å². The molecular formula is C50H62. The van der Waals surface area contributed by atoms with Crippen LogP contribution in [0.5, 0.6) is 0 Å². The highest BCUT2D eigenvalue weighted by atomic mass is 14.2. The first-order valence-electron chi connectivity index (χ1n) is 18.4. The molecule has 5 rings (SSSR count). The third kappa shape index (κ3) is 13.7. The van der Waals surface area contributed by atoms with Crippen LogP contribution in [0.1, 0.15) is 102 Å². The summed E-state index contributed by atoms with van der Waals surface area (Å²) >= 11 is 0. The predicted octanol–water partition coefficient (Wildman–Crippen LogP) is 14.6. The largest absolute Gasteiger partial charge is 0.124 e. The zero-order valence-electron chi connectivity index (χ0n) is 32.3. The average Bonchev–Trinajstić information content (AvgIpc) is 3.14. The quantitative estimate of drug-likeness (QED) is 0.115. The number of hydrogen-bond acceptors (Lipinski definition) is 0. The van der Waals surface area contributed by atoms with E-state index in [4.69, 9.17) is 0 Å². The van der Waals surface area contributed by atoms with Crippen molar-refractivity contribution in [3.63, 3.8) is 0 Å². The third-order valence-corrected chi connectivity index (χ3v) is 9.47. The summed E-state index contributed by atoms with van der Waals surface area (Å²) in [5, 5.41) is 2.74.